The van der Waals surface area contributed by atoms with Crippen molar-refractivity contribution in [3.63, 3.8) is 0 Å². The number of aromatic nitrogens is 2. The number of hydrogen-bond donors (Lipinski definition) is 2. The Morgan fingerprint density at radius 3 is 2.82 bits per heavy atom. The lowest BCUT2D eigenvalue weighted by molar-refractivity contribution is 0.0501. The summed E-state index contributed by atoms with van der Waals surface area (Å²) in [4.78, 5) is 8.03. The number of nitrogens with two attached hydrogens (primary N) is 1. The first-order valence-electron chi connectivity index (χ1n) is 6.34. The van der Waals surface area contributed by atoms with Gasteiger partial charge in [0.1, 0.15) is 5.82 Å². The fourth-order valence-corrected chi connectivity index (χ4v) is 2.65. The highest BCUT2D eigenvalue weighted by molar-refractivity contribution is 5.27. The third-order valence-corrected chi connectivity index (χ3v) is 3.89. The van der Waals surface area contributed by atoms with E-state index in [1.54, 1.807) is 0 Å². The second-order valence-corrected chi connectivity index (χ2v) is 4.92. The zero-order valence-corrected chi connectivity index (χ0v) is 10.00. The fourth-order valence-electron chi connectivity index (χ4n) is 2.65. The van der Waals surface area contributed by atoms with Crippen LogP contribution in [0.2, 0.25) is 0 Å². The minimum atomic E-state index is -0.0427. The molecule has 3 heterocycles. The molecule has 5 nitrogen and oxygen atoms in total. The van der Waals surface area contributed by atoms with E-state index in [0.717, 1.165) is 62.9 Å². The number of nitrogens with zero attached hydrogens (tertiary/aromatic N) is 1. The van der Waals surface area contributed by atoms with Gasteiger partial charge in [0.25, 0.3) is 0 Å². The van der Waals surface area contributed by atoms with E-state index >= 15 is 0 Å². The quantitative estimate of drug-likeness (QED) is 0.795. The average Bonchev–Trinajstić information content (AvgIpc) is 2.84. The number of ether oxygens (including phenoxy) is 2. The first-order chi connectivity index (χ1) is 8.34. The predicted octanol–water partition coefficient (Wildman–Crippen LogP) is 0.742. The molecule has 0 unspecified atom stereocenters. The van der Waals surface area contributed by atoms with E-state index in [-0.39, 0.29) is 5.41 Å². The van der Waals surface area contributed by atoms with Crippen LogP contribution in [-0.4, -0.2) is 36.3 Å². The van der Waals surface area contributed by atoms with E-state index < -0.39 is 0 Å². The molecule has 94 valence electrons. The van der Waals surface area contributed by atoms with E-state index in [1.165, 1.54) is 0 Å². The van der Waals surface area contributed by atoms with Crippen LogP contribution in [0.4, 0.5) is 0 Å². The summed E-state index contributed by atoms with van der Waals surface area (Å²) in [5, 5.41) is 0. The molecular weight excluding hydrogens is 218 g/mol. The maximum absolute atomic E-state index is 5.97. The standard InChI is InChI=1S/C12H19N3O2/c13-8-12(3-6-16-7-4-12)11-14-9-2-1-5-17-10(9)15-11/h1-8,13H2,(H,14,15). The maximum Gasteiger partial charge on any atom is 0.235 e. The highest BCUT2D eigenvalue weighted by Gasteiger charge is 2.37. The topological polar surface area (TPSA) is 73.2 Å². The van der Waals surface area contributed by atoms with Gasteiger partial charge in [-0.15, -0.1) is 0 Å². The van der Waals surface area contributed by atoms with Crippen LogP contribution < -0.4 is 10.5 Å². The van der Waals surface area contributed by atoms with Gasteiger partial charge in [-0.25, -0.2) is 0 Å². The number of H-pyrrole nitrogens is 1. The summed E-state index contributed by atoms with van der Waals surface area (Å²) in [6.07, 6.45) is 3.97. The molecule has 0 saturated carbocycles. The molecule has 0 spiro atoms. The average molecular weight is 237 g/mol. The van der Waals surface area contributed by atoms with Crippen molar-refractivity contribution in [2.45, 2.75) is 31.1 Å². The molecule has 17 heavy (non-hydrogen) atoms. The van der Waals surface area contributed by atoms with Gasteiger partial charge in [-0.05, 0) is 25.7 Å². The molecular formula is C12H19N3O2. The van der Waals surface area contributed by atoms with Crippen LogP contribution in [0.15, 0.2) is 0 Å². The van der Waals surface area contributed by atoms with Gasteiger partial charge in [0, 0.05) is 25.2 Å². The molecule has 2 aliphatic rings. The minimum Gasteiger partial charge on any atom is -0.476 e. The monoisotopic (exact) mass is 237 g/mol. The van der Waals surface area contributed by atoms with Crippen molar-refractivity contribution in [1.29, 1.82) is 0 Å². The Balaban J connectivity index is 1.93. The van der Waals surface area contributed by atoms with Crippen molar-refractivity contribution in [1.82, 2.24) is 9.97 Å². The molecule has 5 heteroatoms. The number of imidazole rings is 1. The Morgan fingerprint density at radius 2 is 2.12 bits per heavy atom. The molecule has 0 amide bonds. The minimum absolute atomic E-state index is 0.0427. The highest BCUT2D eigenvalue weighted by Crippen LogP contribution is 2.35. The molecule has 3 rings (SSSR count). The summed E-state index contributed by atoms with van der Waals surface area (Å²) in [6.45, 7) is 2.92. The fraction of sp³-hybridized carbons (Fsp3) is 0.750. The molecule has 0 atom stereocenters. The second kappa shape index (κ2) is 4.31. The third-order valence-electron chi connectivity index (χ3n) is 3.89. The maximum atomic E-state index is 5.97. The van der Waals surface area contributed by atoms with Crippen molar-refractivity contribution in [3.05, 3.63) is 11.5 Å². The molecule has 1 aromatic heterocycles. The molecule has 0 radical (unpaired) electrons. The van der Waals surface area contributed by atoms with Gasteiger partial charge in [0.15, 0.2) is 0 Å². The van der Waals surface area contributed by atoms with Crippen molar-refractivity contribution < 1.29 is 9.47 Å². The molecule has 0 bridgehead atoms. The summed E-state index contributed by atoms with van der Waals surface area (Å²) in [6, 6.07) is 0. The largest absolute Gasteiger partial charge is 0.476 e. The zero-order valence-electron chi connectivity index (χ0n) is 10.00. The van der Waals surface area contributed by atoms with E-state index in [2.05, 4.69) is 9.97 Å². The summed E-state index contributed by atoms with van der Waals surface area (Å²) in [7, 11) is 0. The SMILES string of the molecule is NCC1(c2nc3c([nH]2)CCCO3)CCOCC1. The van der Waals surface area contributed by atoms with Gasteiger partial charge in [0.2, 0.25) is 5.88 Å². The molecule has 0 aromatic carbocycles. The lowest BCUT2D eigenvalue weighted by atomic mass is 9.79. The van der Waals surface area contributed by atoms with Crippen molar-refractivity contribution >= 4 is 0 Å². The van der Waals surface area contributed by atoms with Gasteiger partial charge < -0.3 is 20.2 Å². The van der Waals surface area contributed by atoms with Crippen LogP contribution in [0.3, 0.4) is 0 Å². The molecule has 1 saturated heterocycles. The van der Waals surface area contributed by atoms with Crippen LogP contribution >= 0.6 is 0 Å². The van der Waals surface area contributed by atoms with E-state index in [4.69, 9.17) is 15.2 Å². The smallest absolute Gasteiger partial charge is 0.235 e. The summed E-state index contributed by atoms with van der Waals surface area (Å²) in [5.74, 6) is 1.78. The summed E-state index contributed by atoms with van der Waals surface area (Å²) < 4.78 is 11.0. The molecule has 2 aliphatic heterocycles. The van der Waals surface area contributed by atoms with Gasteiger partial charge in [-0.2, -0.15) is 4.98 Å². The molecule has 1 fully saturated rings. The number of fused-ring (bicyclic) bond motifs is 1. The van der Waals surface area contributed by atoms with E-state index in [1.807, 2.05) is 0 Å². The summed E-state index contributed by atoms with van der Waals surface area (Å²) >= 11 is 0. The third kappa shape index (κ3) is 1.83. The van der Waals surface area contributed by atoms with Crippen LogP contribution in [0, 0.1) is 0 Å². The van der Waals surface area contributed by atoms with Crippen molar-refractivity contribution in [2.24, 2.45) is 5.73 Å². The van der Waals surface area contributed by atoms with Crippen LogP contribution in [0.5, 0.6) is 5.88 Å². The van der Waals surface area contributed by atoms with Crippen molar-refractivity contribution in [3.8, 4) is 5.88 Å². The summed E-state index contributed by atoms with van der Waals surface area (Å²) in [5.41, 5.74) is 7.06. The number of hydrogen-bond acceptors (Lipinski definition) is 4. The van der Waals surface area contributed by atoms with Gasteiger partial charge >= 0.3 is 0 Å². The van der Waals surface area contributed by atoms with E-state index in [0.29, 0.717) is 6.54 Å². The molecule has 1 aromatic rings. The molecule has 3 N–H and O–H groups in total. The second-order valence-electron chi connectivity index (χ2n) is 4.92. The zero-order chi connectivity index (χ0) is 11.7. The number of nitrogens with one attached hydrogen (secondary N) is 1. The Kier molecular flexibility index (Phi) is 2.80. The molecule has 0 aliphatic carbocycles. The first-order valence-corrected chi connectivity index (χ1v) is 6.34. The van der Waals surface area contributed by atoms with Crippen LogP contribution in [0.1, 0.15) is 30.8 Å². The lowest BCUT2D eigenvalue weighted by Gasteiger charge is -2.34. The van der Waals surface area contributed by atoms with Crippen LogP contribution in [0.25, 0.3) is 0 Å². The Morgan fingerprint density at radius 1 is 1.29 bits per heavy atom. The normalized spacial score (nSPS) is 22.9. The van der Waals surface area contributed by atoms with Crippen LogP contribution in [-0.2, 0) is 16.6 Å². The highest BCUT2D eigenvalue weighted by atomic mass is 16.5. The first kappa shape index (κ1) is 11.0. The number of aryl methyl sites for hydroxylation is 1. The van der Waals surface area contributed by atoms with Gasteiger partial charge in [-0.1, -0.05) is 0 Å². The van der Waals surface area contributed by atoms with Gasteiger partial charge in [-0.3, -0.25) is 0 Å². The van der Waals surface area contributed by atoms with Crippen molar-refractivity contribution in [2.75, 3.05) is 26.4 Å². The van der Waals surface area contributed by atoms with Gasteiger partial charge in [0.05, 0.1) is 12.3 Å². The Labute approximate surface area is 101 Å². The lowest BCUT2D eigenvalue weighted by Crippen LogP contribution is -2.41. The predicted molar refractivity (Wildman–Crippen MR) is 63.2 cm³/mol. The Hall–Kier alpha value is -1.07. The number of aromatic amines is 1. The number of rotatable bonds is 2. The van der Waals surface area contributed by atoms with E-state index in [9.17, 15) is 0 Å². The Bertz CT molecular complexity index is 373.